The van der Waals surface area contributed by atoms with E-state index in [4.69, 9.17) is 0 Å². The van der Waals surface area contributed by atoms with Crippen molar-refractivity contribution < 1.29 is 9.53 Å². The van der Waals surface area contributed by atoms with Gasteiger partial charge in [0.2, 0.25) is 0 Å². The number of nitrogens with zero attached hydrogens (tertiary/aromatic N) is 2. The van der Waals surface area contributed by atoms with E-state index in [0.717, 1.165) is 31.6 Å². The largest absolute Gasteiger partial charge is 0.464 e. The van der Waals surface area contributed by atoms with Crippen LogP contribution < -0.4 is 5.32 Å². The molecule has 0 bridgehead atoms. The van der Waals surface area contributed by atoms with Crippen molar-refractivity contribution in [2.75, 3.05) is 20.2 Å². The zero-order valence-corrected chi connectivity index (χ0v) is 9.27. The minimum Gasteiger partial charge on any atom is -0.464 e. The number of nitrogens with one attached hydrogen (secondary N) is 1. The summed E-state index contributed by atoms with van der Waals surface area (Å²) in [5, 5.41) is 3.29. The highest BCUT2D eigenvalue weighted by molar-refractivity contribution is 5.86. The van der Waals surface area contributed by atoms with Gasteiger partial charge in [0.1, 0.15) is 0 Å². The predicted octanol–water partition coefficient (Wildman–Crippen LogP) is 0.730. The van der Waals surface area contributed by atoms with Crippen LogP contribution in [0.2, 0.25) is 0 Å². The SMILES string of the molecule is COC(=O)c1cncc(C2CCNCC2)n1. The molecule has 1 saturated heterocycles. The maximum Gasteiger partial charge on any atom is 0.358 e. The van der Waals surface area contributed by atoms with Crippen molar-refractivity contribution in [2.45, 2.75) is 18.8 Å². The van der Waals surface area contributed by atoms with Crippen LogP contribution in [0.15, 0.2) is 12.4 Å². The molecule has 86 valence electrons. The highest BCUT2D eigenvalue weighted by Crippen LogP contribution is 2.22. The Morgan fingerprint density at radius 1 is 1.44 bits per heavy atom. The molecular weight excluding hydrogens is 206 g/mol. The fourth-order valence-corrected chi connectivity index (χ4v) is 1.90. The summed E-state index contributed by atoms with van der Waals surface area (Å²) in [6.07, 6.45) is 5.26. The lowest BCUT2D eigenvalue weighted by molar-refractivity contribution is 0.0593. The Kier molecular flexibility index (Phi) is 3.46. The van der Waals surface area contributed by atoms with E-state index in [1.54, 1.807) is 6.20 Å². The Morgan fingerprint density at radius 3 is 2.88 bits per heavy atom. The fraction of sp³-hybridized carbons (Fsp3) is 0.545. The van der Waals surface area contributed by atoms with Gasteiger partial charge >= 0.3 is 5.97 Å². The summed E-state index contributed by atoms with van der Waals surface area (Å²) in [5.41, 5.74) is 1.18. The Morgan fingerprint density at radius 2 is 2.19 bits per heavy atom. The van der Waals surface area contributed by atoms with Gasteiger partial charge in [-0.05, 0) is 25.9 Å². The number of hydrogen-bond donors (Lipinski definition) is 1. The maximum atomic E-state index is 11.3. The minimum atomic E-state index is -0.428. The first kappa shape index (κ1) is 11.0. The lowest BCUT2D eigenvalue weighted by Gasteiger charge is -2.21. The molecule has 2 rings (SSSR count). The summed E-state index contributed by atoms with van der Waals surface area (Å²) in [7, 11) is 1.35. The molecule has 0 aromatic carbocycles. The molecular formula is C11H15N3O2. The normalized spacial score (nSPS) is 17.1. The van der Waals surface area contributed by atoms with Crippen LogP contribution in [0.25, 0.3) is 0 Å². The molecule has 1 fully saturated rings. The van der Waals surface area contributed by atoms with E-state index >= 15 is 0 Å². The van der Waals surface area contributed by atoms with Crippen LogP contribution in [0.5, 0.6) is 0 Å². The van der Waals surface area contributed by atoms with Crippen LogP contribution in [0.3, 0.4) is 0 Å². The third kappa shape index (κ3) is 2.36. The molecule has 16 heavy (non-hydrogen) atoms. The van der Waals surface area contributed by atoms with E-state index in [2.05, 4.69) is 20.0 Å². The van der Waals surface area contributed by atoms with Crippen LogP contribution in [-0.4, -0.2) is 36.1 Å². The molecule has 0 aliphatic carbocycles. The number of piperidine rings is 1. The molecule has 1 aliphatic heterocycles. The molecule has 1 N–H and O–H groups in total. The monoisotopic (exact) mass is 221 g/mol. The Hall–Kier alpha value is -1.49. The number of ether oxygens (including phenoxy) is 1. The Labute approximate surface area is 94.2 Å². The minimum absolute atomic E-state index is 0.290. The zero-order chi connectivity index (χ0) is 11.4. The van der Waals surface area contributed by atoms with E-state index in [-0.39, 0.29) is 0 Å². The van der Waals surface area contributed by atoms with Gasteiger partial charge in [0.25, 0.3) is 0 Å². The lowest BCUT2D eigenvalue weighted by atomic mass is 9.95. The van der Waals surface area contributed by atoms with E-state index in [0.29, 0.717) is 11.6 Å². The molecule has 1 aliphatic rings. The van der Waals surface area contributed by atoms with Gasteiger partial charge in [0.15, 0.2) is 5.69 Å². The first-order valence-electron chi connectivity index (χ1n) is 5.42. The topological polar surface area (TPSA) is 64.1 Å². The highest BCUT2D eigenvalue weighted by Gasteiger charge is 2.18. The molecule has 0 saturated carbocycles. The van der Waals surface area contributed by atoms with E-state index < -0.39 is 5.97 Å². The molecule has 0 atom stereocenters. The third-order valence-corrected chi connectivity index (χ3v) is 2.81. The number of rotatable bonds is 2. The maximum absolute atomic E-state index is 11.3. The van der Waals surface area contributed by atoms with Crippen LogP contribution >= 0.6 is 0 Å². The Balaban J connectivity index is 2.17. The average Bonchev–Trinajstić information content (AvgIpc) is 2.39. The van der Waals surface area contributed by atoms with Gasteiger partial charge < -0.3 is 10.1 Å². The van der Waals surface area contributed by atoms with Gasteiger partial charge in [-0.25, -0.2) is 9.78 Å². The van der Waals surface area contributed by atoms with Crippen LogP contribution in [0.1, 0.15) is 34.9 Å². The van der Waals surface area contributed by atoms with Gasteiger partial charge in [0.05, 0.1) is 19.0 Å². The molecule has 0 unspecified atom stereocenters. The third-order valence-electron chi connectivity index (χ3n) is 2.81. The first-order chi connectivity index (χ1) is 7.81. The summed E-state index contributed by atoms with van der Waals surface area (Å²) >= 11 is 0. The summed E-state index contributed by atoms with van der Waals surface area (Å²) in [4.78, 5) is 19.7. The number of hydrogen-bond acceptors (Lipinski definition) is 5. The second kappa shape index (κ2) is 5.03. The van der Waals surface area contributed by atoms with Gasteiger partial charge in [-0.1, -0.05) is 0 Å². The van der Waals surface area contributed by atoms with Crippen molar-refractivity contribution >= 4 is 5.97 Å². The van der Waals surface area contributed by atoms with Crippen LogP contribution in [0, 0.1) is 0 Å². The van der Waals surface area contributed by atoms with Crippen LogP contribution in [-0.2, 0) is 4.74 Å². The predicted molar refractivity (Wildman–Crippen MR) is 58.2 cm³/mol. The second-order valence-corrected chi connectivity index (χ2v) is 3.85. The standard InChI is InChI=1S/C11H15N3O2/c1-16-11(15)10-7-13-6-9(14-10)8-2-4-12-5-3-8/h6-8,12H,2-5H2,1H3. The lowest BCUT2D eigenvalue weighted by Crippen LogP contribution is -2.27. The van der Waals surface area contributed by atoms with Crippen LogP contribution in [0.4, 0.5) is 0 Å². The molecule has 2 heterocycles. The summed E-state index contributed by atoms with van der Waals surface area (Å²) in [5.74, 6) is -0.0263. The molecule has 1 aromatic heterocycles. The highest BCUT2D eigenvalue weighted by atomic mass is 16.5. The average molecular weight is 221 g/mol. The number of carbonyl (C=O) groups excluding carboxylic acids is 1. The van der Waals surface area contributed by atoms with Crippen molar-refractivity contribution in [2.24, 2.45) is 0 Å². The van der Waals surface area contributed by atoms with E-state index in [1.807, 2.05) is 0 Å². The quantitative estimate of drug-likeness (QED) is 0.746. The molecule has 5 nitrogen and oxygen atoms in total. The molecule has 5 heteroatoms. The van der Waals surface area contributed by atoms with Crippen molar-refractivity contribution in [1.29, 1.82) is 0 Å². The number of esters is 1. The number of methoxy groups -OCH3 is 1. The molecule has 0 amide bonds. The molecule has 0 spiro atoms. The zero-order valence-electron chi connectivity index (χ0n) is 9.27. The van der Waals surface area contributed by atoms with E-state index in [1.165, 1.54) is 13.3 Å². The number of carbonyl (C=O) groups is 1. The van der Waals surface area contributed by atoms with Crippen molar-refractivity contribution in [3.8, 4) is 0 Å². The summed E-state index contributed by atoms with van der Waals surface area (Å²) in [6, 6.07) is 0. The van der Waals surface area contributed by atoms with Gasteiger partial charge in [-0.15, -0.1) is 0 Å². The molecule has 0 radical (unpaired) electrons. The van der Waals surface area contributed by atoms with Gasteiger partial charge in [0, 0.05) is 12.1 Å². The fourth-order valence-electron chi connectivity index (χ4n) is 1.90. The smallest absolute Gasteiger partial charge is 0.358 e. The summed E-state index contributed by atoms with van der Waals surface area (Å²) < 4.78 is 4.62. The Bertz CT molecular complexity index is 375. The van der Waals surface area contributed by atoms with Gasteiger partial charge in [-0.3, -0.25) is 4.98 Å². The second-order valence-electron chi connectivity index (χ2n) is 3.85. The summed E-state index contributed by atoms with van der Waals surface area (Å²) in [6.45, 7) is 1.99. The van der Waals surface area contributed by atoms with Crippen molar-refractivity contribution in [3.63, 3.8) is 0 Å². The number of aromatic nitrogens is 2. The van der Waals surface area contributed by atoms with Crippen molar-refractivity contribution in [1.82, 2.24) is 15.3 Å². The van der Waals surface area contributed by atoms with Crippen molar-refractivity contribution in [3.05, 3.63) is 23.8 Å². The first-order valence-corrected chi connectivity index (χ1v) is 5.42. The van der Waals surface area contributed by atoms with Gasteiger partial charge in [-0.2, -0.15) is 0 Å². The molecule has 1 aromatic rings. The van der Waals surface area contributed by atoms with E-state index in [9.17, 15) is 4.79 Å².